The second-order valence-electron chi connectivity index (χ2n) is 4.37. The predicted molar refractivity (Wildman–Crippen MR) is 63.3 cm³/mol. The Morgan fingerprint density at radius 2 is 0.958 bits per heavy atom. The summed E-state index contributed by atoms with van der Waals surface area (Å²) < 4.78 is 130. The van der Waals surface area contributed by atoms with Gasteiger partial charge in [0.25, 0.3) is 0 Å². The van der Waals surface area contributed by atoms with Gasteiger partial charge in [0.2, 0.25) is 10.4 Å². The van der Waals surface area contributed by atoms with Crippen LogP contribution in [0.15, 0.2) is 6.07 Å². The molecular weight excluding hydrogens is 426 g/mol. The van der Waals surface area contributed by atoms with Gasteiger partial charge in [-0.05, 0) is 22.0 Å². The fourth-order valence-corrected chi connectivity index (χ4v) is 2.45. The maximum atomic E-state index is 14.6. The molecule has 0 aliphatic rings. The largest absolute Gasteiger partial charge is 0.224 e. The molecule has 0 amide bonds. The second kappa shape index (κ2) is 5.94. The highest BCUT2D eigenvalue weighted by atomic mass is 79.9. The van der Waals surface area contributed by atoms with Crippen LogP contribution in [0.25, 0.3) is 0 Å². The highest BCUT2D eigenvalue weighted by Crippen LogP contribution is 2.45. The third-order valence-corrected chi connectivity index (χ3v) is 3.79. The van der Waals surface area contributed by atoms with Crippen molar-refractivity contribution >= 4 is 15.9 Å². The normalized spacial score (nSPS) is 14.0. The Morgan fingerprint density at radius 1 is 0.583 bits per heavy atom. The van der Waals surface area contributed by atoms with E-state index in [1.165, 1.54) is 0 Å². The minimum absolute atomic E-state index is 0.333. The molecule has 2 rings (SSSR count). The molecule has 0 heterocycles. The van der Waals surface area contributed by atoms with Crippen LogP contribution in [-0.4, -0.2) is 0 Å². The fraction of sp³-hybridized carbons (Fsp3) is 0.0769. The van der Waals surface area contributed by atoms with E-state index in [9.17, 15) is 43.9 Å². The standard InChI is InChI=1S/C13HBrF10/c14-13(24,2-1-3(15)6(17)9(20)5(2)16)4-7(18)10(21)12(23)11(22)8(4)19/h1H. The molecule has 0 nitrogen and oxygen atoms in total. The molecule has 0 saturated carbocycles. The zero-order valence-electron chi connectivity index (χ0n) is 10.7. The first-order valence-corrected chi connectivity index (χ1v) is 6.45. The van der Waals surface area contributed by atoms with E-state index in [4.69, 9.17) is 0 Å². The fourth-order valence-electron chi connectivity index (χ4n) is 1.82. The summed E-state index contributed by atoms with van der Waals surface area (Å²) in [5, 5.41) is 0. The summed E-state index contributed by atoms with van der Waals surface area (Å²) in [6.07, 6.45) is 0. The van der Waals surface area contributed by atoms with E-state index in [0.717, 1.165) is 0 Å². The number of hydrogen-bond acceptors (Lipinski definition) is 0. The van der Waals surface area contributed by atoms with Gasteiger partial charge >= 0.3 is 0 Å². The van der Waals surface area contributed by atoms with Gasteiger partial charge in [0.15, 0.2) is 46.5 Å². The van der Waals surface area contributed by atoms with Gasteiger partial charge in [0.1, 0.15) is 0 Å². The smallest absolute Gasteiger partial charge is 0.220 e. The lowest BCUT2D eigenvalue weighted by Gasteiger charge is -2.22. The quantitative estimate of drug-likeness (QED) is 0.257. The van der Waals surface area contributed by atoms with Crippen LogP contribution in [0.1, 0.15) is 11.1 Å². The zero-order valence-corrected chi connectivity index (χ0v) is 12.3. The molecule has 0 spiro atoms. The van der Waals surface area contributed by atoms with E-state index in [0.29, 0.717) is 0 Å². The van der Waals surface area contributed by atoms with Gasteiger partial charge < -0.3 is 0 Å². The zero-order chi connectivity index (χ0) is 18.6. The highest BCUT2D eigenvalue weighted by molar-refractivity contribution is 9.09. The Labute approximate surface area is 134 Å². The van der Waals surface area contributed by atoms with Crippen LogP contribution in [0, 0.1) is 52.4 Å². The lowest BCUT2D eigenvalue weighted by molar-refractivity contribution is 0.293. The van der Waals surface area contributed by atoms with Crippen LogP contribution in [-0.2, 0) is 4.58 Å². The van der Waals surface area contributed by atoms with Crippen molar-refractivity contribution in [2.75, 3.05) is 0 Å². The number of rotatable bonds is 2. The molecule has 0 aliphatic heterocycles. The Kier molecular flexibility index (Phi) is 4.59. The van der Waals surface area contributed by atoms with Gasteiger partial charge in [0, 0.05) is 5.56 Å². The molecule has 2 aromatic rings. The number of halogens is 11. The van der Waals surface area contributed by atoms with Crippen molar-refractivity contribution in [3.8, 4) is 0 Å². The molecule has 0 saturated heterocycles. The maximum Gasteiger partial charge on any atom is 0.224 e. The molecular formula is C13HBrF10. The molecule has 1 unspecified atom stereocenters. The monoisotopic (exact) mass is 426 g/mol. The SMILES string of the molecule is Fc1cc(C(F)(Br)c2c(F)c(F)c(F)c(F)c2F)c(F)c(F)c1F. The molecule has 24 heavy (non-hydrogen) atoms. The van der Waals surface area contributed by atoms with E-state index < -0.39 is 68.1 Å². The van der Waals surface area contributed by atoms with E-state index in [-0.39, 0.29) is 6.07 Å². The average Bonchev–Trinajstić information content (AvgIpc) is 2.52. The number of hydrogen-bond donors (Lipinski definition) is 0. The minimum Gasteiger partial charge on any atom is -0.220 e. The maximum absolute atomic E-state index is 14.6. The van der Waals surface area contributed by atoms with Crippen molar-refractivity contribution in [3.63, 3.8) is 0 Å². The Balaban J connectivity index is 2.88. The Hall–Kier alpha value is -1.78. The summed E-state index contributed by atoms with van der Waals surface area (Å²) in [6, 6.07) is -0.333. The first-order valence-electron chi connectivity index (χ1n) is 5.66. The van der Waals surface area contributed by atoms with Crippen LogP contribution in [0.4, 0.5) is 43.9 Å². The Morgan fingerprint density at radius 3 is 1.42 bits per heavy atom. The van der Waals surface area contributed by atoms with Crippen molar-refractivity contribution in [1.29, 1.82) is 0 Å². The van der Waals surface area contributed by atoms with Crippen LogP contribution < -0.4 is 0 Å². The summed E-state index contributed by atoms with van der Waals surface area (Å²) in [6.45, 7) is 0. The molecule has 0 N–H and O–H groups in total. The highest BCUT2D eigenvalue weighted by Gasteiger charge is 2.44. The molecule has 11 heteroatoms. The van der Waals surface area contributed by atoms with E-state index in [2.05, 4.69) is 0 Å². The van der Waals surface area contributed by atoms with Gasteiger partial charge in [-0.15, -0.1) is 0 Å². The van der Waals surface area contributed by atoms with Crippen molar-refractivity contribution in [2.45, 2.75) is 4.58 Å². The van der Waals surface area contributed by atoms with Gasteiger partial charge in [0.05, 0.1) is 5.56 Å². The van der Waals surface area contributed by atoms with Crippen molar-refractivity contribution < 1.29 is 43.9 Å². The lowest BCUT2D eigenvalue weighted by Crippen LogP contribution is -2.23. The summed E-state index contributed by atoms with van der Waals surface area (Å²) in [5.74, 6) is -22.7. The molecule has 0 bridgehead atoms. The molecule has 0 fully saturated rings. The summed E-state index contributed by atoms with van der Waals surface area (Å²) in [4.78, 5) is 0. The summed E-state index contributed by atoms with van der Waals surface area (Å²) >= 11 is 1.84. The average molecular weight is 427 g/mol. The molecule has 2 aromatic carbocycles. The topological polar surface area (TPSA) is 0 Å². The molecule has 130 valence electrons. The molecule has 0 aromatic heterocycles. The first kappa shape index (κ1) is 18.6. The molecule has 1 atom stereocenters. The Bertz CT molecular complexity index is 817. The second-order valence-corrected chi connectivity index (χ2v) is 5.46. The summed E-state index contributed by atoms with van der Waals surface area (Å²) in [5.41, 5.74) is -4.13. The van der Waals surface area contributed by atoms with E-state index >= 15 is 0 Å². The van der Waals surface area contributed by atoms with Crippen molar-refractivity contribution in [1.82, 2.24) is 0 Å². The summed E-state index contributed by atoms with van der Waals surface area (Å²) in [7, 11) is 0. The minimum atomic E-state index is -4.10. The third kappa shape index (κ3) is 2.54. The van der Waals surface area contributed by atoms with E-state index in [1.54, 1.807) is 0 Å². The predicted octanol–water partition coefficient (Wildman–Crippen LogP) is 5.50. The van der Waals surface area contributed by atoms with Crippen LogP contribution >= 0.6 is 15.9 Å². The lowest BCUT2D eigenvalue weighted by atomic mass is 9.99. The van der Waals surface area contributed by atoms with Crippen LogP contribution in [0.5, 0.6) is 0 Å². The number of alkyl halides is 2. The van der Waals surface area contributed by atoms with Crippen LogP contribution in [0.2, 0.25) is 0 Å². The van der Waals surface area contributed by atoms with Crippen molar-refractivity contribution in [2.24, 2.45) is 0 Å². The van der Waals surface area contributed by atoms with Gasteiger partial charge in [-0.25, -0.2) is 43.9 Å². The molecule has 0 radical (unpaired) electrons. The van der Waals surface area contributed by atoms with Gasteiger partial charge in [-0.2, -0.15) is 0 Å². The third-order valence-electron chi connectivity index (χ3n) is 2.96. The van der Waals surface area contributed by atoms with Crippen molar-refractivity contribution in [3.05, 3.63) is 69.5 Å². The van der Waals surface area contributed by atoms with Gasteiger partial charge in [-0.1, -0.05) is 0 Å². The first-order chi connectivity index (χ1) is 10.9. The van der Waals surface area contributed by atoms with Crippen LogP contribution in [0.3, 0.4) is 0 Å². The van der Waals surface area contributed by atoms with E-state index in [1.807, 2.05) is 15.9 Å². The van der Waals surface area contributed by atoms with Gasteiger partial charge in [-0.3, -0.25) is 0 Å². The molecule has 0 aliphatic carbocycles. The number of benzene rings is 2.